The van der Waals surface area contributed by atoms with Crippen molar-refractivity contribution < 1.29 is 18.0 Å². The zero-order valence-corrected chi connectivity index (χ0v) is 18.3. The number of alkyl halides is 3. The number of anilines is 1. The zero-order chi connectivity index (χ0) is 22.7. The molecule has 0 radical (unpaired) electrons. The second-order valence-electron chi connectivity index (χ2n) is 8.77. The van der Waals surface area contributed by atoms with Gasteiger partial charge in [0, 0.05) is 38.1 Å². The van der Waals surface area contributed by atoms with Gasteiger partial charge in [0.2, 0.25) is 5.91 Å². The normalized spacial score (nSPS) is 21.2. The smallest absolute Gasteiger partial charge is 0.356 e. The van der Waals surface area contributed by atoms with Crippen molar-refractivity contribution in [1.29, 1.82) is 0 Å². The molecule has 4 rings (SSSR count). The second kappa shape index (κ2) is 9.60. The summed E-state index contributed by atoms with van der Waals surface area (Å²) in [6, 6.07) is 3.75. The summed E-state index contributed by atoms with van der Waals surface area (Å²) >= 11 is 0. The number of rotatable bonds is 6. The molecule has 0 aliphatic carbocycles. The van der Waals surface area contributed by atoms with E-state index < -0.39 is 12.0 Å². The maximum absolute atomic E-state index is 13.1. The molecule has 2 fully saturated rings. The lowest BCUT2D eigenvalue weighted by Gasteiger charge is -2.33. The first-order valence-corrected chi connectivity index (χ1v) is 11.4. The number of hydrogen-bond acceptors (Lipinski definition) is 6. The van der Waals surface area contributed by atoms with E-state index in [-0.39, 0.29) is 17.5 Å². The highest BCUT2D eigenvalue weighted by Crippen LogP contribution is 2.28. The van der Waals surface area contributed by atoms with Crippen molar-refractivity contribution in [3.63, 3.8) is 0 Å². The van der Waals surface area contributed by atoms with Crippen molar-refractivity contribution in [2.45, 2.75) is 57.7 Å². The Morgan fingerprint density at radius 1 is 1.12 bits per heavy atom. The Kier molecular flexibility index (Phi) is 6.82. The fourth-order valence-corrected chi connectivity index (χ4v) is 4.62. The molecule has 0 spiro atoms. The Labute approximate surface area is 185 Å². The minimum Gasteiger partial charge on any atom is -0.356 e. The van der Waals surface area contributed by atoms with Crippen molar-refractivity contribution in [2.24, 2.45) is 5.92 Å². The van der Waals surface area contributed by atoms with Gasteiger partial charge in [-0.15, -0.1) is 15.3 Å². The maximum Gasteiger partial charge on any atom is 0.453 e. The van der Waals surface area contributed by atoms with Gasteiger partial charge < -0.3 is 15.1 Å². The van der Waals surface area contributed by atoms with Crippen LogP contribution in [0.15, 0.2) is 12.1 Å². The summed E-state index contributed by atoms with van der Waals surface area (Å²) in [6.45, 7) is 6.22. The van der Waals surface area contributed by atoms with Crippen LogP contribution < -0.4 is 10.2 Å². The Morgan fingerprint density at radius 2 is 1.91 bits per heavy atom. The minimum atomic E-state index is -4.62. The van der Waals surface area contributed by atoms with Crippen LogP contribution in [0.1, 0.15) is 51.3 Å². The summed E-state index contributed by atoms with van der Waals surface area (Å²) < 4.78 is 40.0. The van der Waals surface area contributed by atoms with E-state index in [1.165, 1.54) is 25.3 Å². The predicted octanol–water partition coefficient (Wildman–Crippen LogP) is 2.74. The van der Waals surface area contributed by atoms with E-state index in [0.29, 0.717) is 44.3 Å². The summed E-state index contributed by atoms with van der Waals surface area (Å²) in [4.78, 5) is 16.9. The fraction of sp³-hybridized carbons (Fsp3) is 0.714. The van der Waals surface area contributed by atoms with Crippen LogP contribution in [0.5, 0.6) is 0 Å². The number of piperidine rings is 2. The van der Waals surface area contributed by atoms with Gasteiger partial charge in [-0.3, -0.25) is 4.79 Å². The third-order valence-electron chi connectivity index (χ3n) is 6.55. The minimum absolute atomic E-state index is 0.0503. The molecule has 1 unspecified atom stereocenters. The number of likely N-dealkylation sites (tertiary alicyclic amines) is 1. The Balaban J connectivity index is 1.25. The molecule has 8 nitrogen and oxygen atoms in total. The van der Waals surface area contributed by atoms with Gasteiger partial charge in [0.25, 0.3) is 5.82 Å². The molecule has 2 aromatic heterocycles. The third-order valence-corrected chi connectivity index (χ3v) is 6.55. The molecule has 2 aromatic rings. The molecule has 0 aromatic carbocycles. The van der Waals surface area contributed by atoms with E-state index in [1.54, 1.807) is 6.07 Å². The number of halogens is 3. The standard InChI is InChI=1S/C21H30F3N7O/c1-15-5-2-3-11-29(15)12-4-10-25-19(32)16-8-13-30(14-9-16)18-7-6-17-26-27-20(21(22,23)24)31(17)28-18/h6-7,15-16H,2-5,8-14H2,1H3,(H,25,32). The third kappa shape index (κ3) is 5.13. The van der Waals surface area contributed by atoms with E-state index >= 15 is 0 Å². The number of hydrogen-bond donors (Lipinski definition) is 1. The van der Waals surface area contributed by atoms with Crippen LogP contribution >= 0.6 is 0 Å². The SMILES string of the molecule is CC1CCCCN1CCCNC(=O)C1CCN(c2ccc3nnc(C(F)(F)F)n3n2)CC1. The predicted molar refractivity (Wildman–Crippen MR) is 113 cm³/mol. The number of carbonyl (C=O) groups is 1. The van der Waals surface area contributed by atoms with Gasteiger partial charge in [-0.2, -0.15) is 17.7 Å². The molecule has 4 heterocycles. The first kappa shape index (κ1) is 22.8. The van der Waals surface area contributed by atoms with Crippen LogP contribution in [-0.2, 0) is 11.0 Å². The zero-order valence-electron chi connectivity index (χ0n) is 18.3. The highest BCUT2D eigenvalue weighted by atomic mass is 19.4. The topological polar surface area (TPSA) is 78.7 Å². The number of nitrogens with one attached hydrogen (secondary N) is 1. The Hall–Kier alpha value is -2.43. The molecule has 32 heavy (non-hydrogen) atoms. The molecule has 2 aliphatic heterocycles. The van der Waals surface area contributed by atoms with E-state index in [2.05, 4.69) is 32.4 Å². The number of carbonyl (C=O) groups excluding carboxylic acids is 1. The molecule has 0 bridgehead atoms. The Bertz CT molecular complexity index is 924. The Morgan fingerprint density at radius 3 is 2.62 bits per heavy atom. The second-order valence-corrected chi connectivity index (χ2v) is 8.77. The molecule has 11 heteroatoms. The van der Waals surface area contributed by atoms with E-state index in [4.69, 9.17) is 0 Å². The van der Waals surface area contributed by atoms with Gasteiger partial charge in [-0.1, -0.05) is 6.42 Å². The van der Waals surface area contributed by atoms with Gasteiger partial charge in [0.05, 0.1) is 0 Å². The van der Waals surface area contributed by atoms with E-state index in [0.717, 1.165) is 24.0 Å². The molecule has 1 N–H and O–H groups in total. The fourth-order valence-electron chi connectivity index (χ4n) is 4.62. The molecular weight excluding hydrogens is 423 g/mol. The van der Waals surface area contributed by atoms with Gasteiger partial charge in [-0.25, -0.2) is 0 Å². The molecule has 2 saturated heterocycles. The van der Waals surface area contributed by atoms with Gasteiger partial charge >= 0.3 is 6.18 Å². The van der Waals surface area contributed by atoms with Crippen LogP contribution in [0.2, 0.25) is 0 Å². The van der Waals surface area contributed by atoms with Crippen molar-refractivity contribution in [3.05, 3.63) is 18.0 Å². The average Bonchev–Trinajstić information content (AvgIpc) is 3.22. The average molecular weight is 454 g/mol. The monoisotopic (exact) mass is 453 g/mol. The quantitative estimate of drug-likeness (QED) is 0.678. The van der Waals surface area contributed by atoms with Crippen LogP contribution in [0, 0.1) is 5.92 Å². The highest BCUT2D eigenvalue weighted by Gasteiger charge is 2.38. The van der Waals surface area contributed by atoms with E-state index in [9.17, 15) is 18.0 Å². The van der Waals surface area contributed by atoms with Crippen molar-refractivity contribution in [3.8, 4) is 0 Å². The van der Waals surface area contributed by atoms with Crippen LogP contribution in [0.25, 0.3) is 5.65 Å². The van der Waals surface area contributed by atoms with Crippen molar-refractivity contribution >= 4 is 17.4 Å². The van der Waals surface area contributed by atoms with Gasteiger partial charge in [0.15, 0.2) is 5.65 Å². The van der Waals surface area contributed by atoms with Gasteiger partial charge in [0.1, 0.15) is 5.82 Å². The summed E-state index contributed by atoms with van der Waals surface area (Å²) in [5, 5.41) is 13.9. The summed E-state index contributed by atoms with van der Waals surface area (Å²) in [5.74, 6) is -0.720. The number of amides is 1. The lowest BCUT2D eigenvalue weighted by Crippen LogP contribution is -2.42. The first-order valence-electron chi connectivity index (χ1n) is 11.4. The summed E-state index contributed by atoms with van der Waals surface area (Å²) in [5.41, 5.74) is 0.0503. The summed E-state index contributed by atoms with van der Waals surface area (Å²) in [7, 11) is 0. The van der Waals surface area contributed by atoms with E-state index in [1.807, 2.05) is 4.90 Å². The number of fused-ring (bicyclic) bond motifs is 1. The van der Waals surface area contributed by atoms with Crippen LogP contribution in [0.3, 0.4) is 0 Å². The highest BCUT2D eigenvalue weighted by molar-refractivity contribution is 5.78. The number of nitrogens with zero attached hydrogens (tertiary/aromatic N) is 6. The largest absolute Gasteiger partial charge is 0.453 e. The lowest BCUT2D eigenvalue weighted by molar-refractivity contribution is -0.146. The van der Waals surface area contributed by atoms with Crippen molar-refractivity contribution in [2.75, 3.05) is 37.6 Å². The van der Waals surface area contributed by atoms with Crippen LogP contribution in [0.4, 0.5) is 19.0 Å². The molecular formula is C21H30F3N7O. The molecule has 2 aliphatic rings. The lowest BCUT2D eigenvalue weighted by atomic mass is 9.96. The number of aromatic nitrogens is 4. The molecule has 1 atom stereocenters. The van der Waals surface area contributed by atoms with Gasteiger partial charge in [-0.05, 0) is 57.7 Å². The van der Waals surface area contributed by atoms with Crippen molar-refractivity contribution in [1.82, 2.24) is 30.0 Å². The molecule has 1 amide bonds. The maximum atomic E-state index is 13.1. The molecule has 0 saturated carbocycles. The molecule has 176 valence electrons. The first-order chi connectivity index (χ1) is 15.3. The van der Waals surface area contributed by atoms with Crippen LogP contribution in [-0.4, -0.2) is 69.4 Å². The summed E-state index contributed by atoms with van der Waals surface area (Å²) in [6.07, 6.45) is 1.42.